The van der Waals surface area contributed by atoms with Crippen LogP contribution < -0.4 is 5.32 Å². The molecular weight excluding hydrogens is 247 g/mol. The predicted octanol–water partition coefficient (Wildman–Crippen LogP) is 1.67. The van der Waals surface area contributed by atoms with E-state index in [-0.39, 0.29) is 18.4 Å². The van der Waals surface area contributed by atoms with E-state index in [1.165, 1.54) is 29.2 Å². The second-order valence-corrected chi connectivity index (χ2v) is 4.87. The number of hydrogen-bond donors (Lipinski definition) is 1. The van der Waals surface area contributed by atoms with Gasteiger partial charge in [0.25, 0.3) is 5.91 Å². The Morgan fingerprint density at radius 1 is 1.26 bits per heavy atom. The van der Waals surface area contributed by atoms with Crippen LogP contribution in [0.5, 0.6) is 0 Å². The van der Waals surface area contributed by atoms with Gasteiger partial charge in [-0.15, -0.1) is 0 Å². The Labute approximate surface area is 112 Å². The number of carbonyl (C=O) groups excluding carboxylic acids is 2. The van der Waals surface area contributed by atoms with Crippen LogP contribution in [0.2, 0.25) is 0 Å². The number of carbonyl (C=O) groups is 2. The first kappa shape index (κ1) is 15.1. The highest BCUT2D eigenvalue weighted by Gasteiger charge is 2.14. The zero-order valence-electron chi connectivity index (χ0n) is 11.4. The molecule has 0 aliphatic rings. The minimum atomic E-state index is -0.395. The smallest absolute Gasteiger partial charge is 0.254 e. The Morgan fingerprint density at radius 3 is 2.37 bits per heavy atom. The molecule has 0 aliphatic carbocycles. The molecule has 0 bridgehead atoms. The molecule has 0 fully saturated rings. The molecule has 0 atom stereocenters. The molecule has 1 aromatic carbocycles. The lowest BCUT2D eigenvalue weighted by atomic mass is 10.2. The maximum Gasteiger partial charge on any atom is 0.254 e. The molecular formula is C14H19FN2O2. The van der Waals surface area contributed by atoms with E-state index in [0.717, 1.165) is 0 Å². The standard InChI is InChI=1S/C14H19FN2O2/c1-10(2)8-16-13(18)9-17(3)14(19)11-4-6-12(15)7-5-11/h4-7,10H,8-9H2,1-3H3,(H,16,18). The third kappa shape index (κ3) is 5.07. The van der Waals surface area contributed by atoms with Crippen LogP contribution in [0.15, 0.2) is 24.3 Å². The molecule has 0 aliphatic heterocycles. The molecule has 1 rings (SSSR count). The summed E-state index contributed by atoms with van der Waals surface area (Å²) in [5, 5.41) is 2.74. The van der Waals surface area contributed by atoms with Crippen molar-refractivity contribution in [2.24, 2.45) is 5.92 Å². The molecule has 5 heteroatoms. The number of nitrogens with one attached hydrogen (secondary N) is 1. The highest BCUT2D eigenvalue weighted by molar-refractivity contribution is 5.96. The predicted molar refractivity (Wildman–Crippen MR) is 71.2 cm³/mol. The minimum Gasteiger partial charge on any atom is -0.354 e. The molecule has 1 aromatic rings. The van der Waals surface area contributed by atoms with Gasteiger partial charge in [-0.1, -0.05) is 13.8 Å². The Kier molecular flexibility index (Phi) is 5.48. The van der Waals surface area contributed by atoms with Crippen LogP contribution in [0, 0.1) is 11.7 Å². The van der Waals surface area contributed by atoms with E-state index in [1.54, 1.807) is 7.05 Å². The van der Waals surface area contributed by atoms with Crippen LogP contribution in [0.1, 0.15) is 24.2 Å². The van der Waals surface area contributed by atoms with Gasteiger partial charge in [0.2, 0.25) is 5.91 Å². The first-order valence-corrected chi connectivity index (χ1v) is 6.18. The fourth-order valence-corrected chi connectivity index (χ4v) is 1.47. The van der Waals surface area contributed by atoms with Crippen LogP contribution in [-0.2, 0) is 4.79 Å². The van der Waals surface area contributed by atoms with Gasteiger partial charge in [0, 0.05) is 19.2 Å². The minimum absolute atomic E-state index is 0.0110. The van der Waals surface area contributed by atoms with Gasteiger partial charge in [0.15, 0.2) is 0 Å². The third-order valence-electron chi connectivity index (χ3n) is 2.53. The van der Waals surface area contributed by atoms with Crippen molar-refractivity contribution in [3.63, 3.8) is 0 Å². The van der Waals surface area contributed by atoms with Gasteiger partial charge in [-0.2, -0.15) is 0 Å². The topological polar surface area (TPSA) is 49.4 Å². The zero-order valence-corrected chi connectivity index (χ0v) is 11.4. The summed E-state index contributed by atoms with van der Waals surface area (Å²) in [5.74, 6) is -0.540. The van der Waals surface area contributed by atoms with Crippen molar-refractivity contribution in [2.45, 2.75) is 13.8 Å². The van der Waals surface area contributed by atoms with Crippen molar-refractivity contribution in [1.29, 1.82) is 0 Å². The Balaban J connectivity index is 2.53. The second kappa shape index (κ2) is 6.87. The number of amides is 2. The van der Waals surface area contributed by atoms with E-state index >= 15 is 0 Å². The number of hydrogen-bond acceptors (Lipinski definition) is 2. The summed E-state index contributed by atoms with van der Waals surface area (Å²) < 4.78 is 12.7. The molecule has 0 saturated carbocycles. The van der Waals surface area contributed by atoms with E-state index in [0.29, 0.717) is 18.0 Å². The van der Waals surface area contributed by atoms with Gasteiger partial charge in [-0.25, -0.2) is 4.39 Å². The summed E-state index contributed by atoms with van der Waals surface area (Å²) in [6.45, 7) is 4.56. The number of nitrogens with zero attached hydrogens (tertiary/aromatic N) is 1. The number of rotatable bonds is 5. The fraction of sp³-hybridized carbons (Fsp3) is 0.429. The summed E-state index contributed by atoms with van der Waals surface area (Å²) in [7, 11) is 1.54. The van der Waals surface area contributed by atoms with Gasteiger partial charge in [-0.3, -0.25) is 9.59 Å². The van der Waals surface area contributed by atoms with E-state index in [2.05, 4.69) is 5.32 Å². The van der Waals surface area contributed by atoms with E-state index in [9.17, 15) is 14.0 Å². The van der Waals surface area contributed by atoms with Gasteiger partial charge in [-0.05, 0) is 30.2 Å². The molecule has 0 unspecified atom stereocenters. The lowest BCUT2D eigenvalue weighted by molar-refractivity contribution is -0.121. The Hall–Kier alpha value is -1.91. The summed E-state index contributed by atoms with van der Waals surface area (Å²) in [5.41, 5.74) is 0.362. The Morgan fingerprint density at radius 2 is 1.84 bits per heavy atom. The third-order valence-corrected chi connectivity index (χ3v) is 2.53. The van der Waals surface area contributed by atoms with Crippen molar-refractivity contribution >= 4 is 11.8 Å². The average Bonchev–Trinajstić information content (AvgIpc) is 2.36. The summed E-state index contributed by atoms with van der Waals surface area (Å²) in [4.78, 5) is 24.8. The van der Waals surface area contributed by atoms with E-state index < -0.39 is 5.82 Å². The molecule has 0 spiro atoms. The van der Waals surface area contributed by atoms with Crippen LogP contribution in [0.3, 0.4) is 0 Å². The molecule has 0 radical (unpaired) electrons. The summed E-state index contributed by atoms with van der Waals surface area (Å²) >= 11 is 0. The van der Waals surface area contributed by atoms with Crippen LogP contribution in [-0.4, -0.2) is 36.9 Å². The van der Waals surface area contributed by atoms with Gasteiger partial charge < -0.3 is 10.2 Å². The van der Waals surface area contributed by atoms with Crippen LogP contribution in [0.4, 0.5) is 4.39 Å². The SMILES string of the molecule is CC(C)CNC(=O)CN(C)C(=O)c1ccc(F)cc1. The molecule has 0 aromatic heterocycles. The summed E-state index contributed by atoms with van der Waals surface area (Å²) in [6.07, 6.45) is 0. The molecule has 0 heterocycles. The number of benzene rings is 1. The molecule has 1 N–H and O–H groups in total. The first-order valence-electron chi connectivity index (χ1n) is 6.18. The lowest BCUT2D eigenvalue weighted by Gasteiger charge is -2.17. The number of likely N-dealkylation sites (N-methyl/N-ethyl adjacent to an activating group) is 1. The van der Waals surface area contributed by atoms with Crippen LogP contribution >= 0.6 is 0 Å². The molecule has 0 saturated heterocycles. The van der Waals surface area contributed by atoms with Crippen molar-refractivity contribution in [3.05, 3.63) is 35.6 Å². The van der Waals surface area contributed by atoms with Gasteiger partial charge in [0.1, 0.15) is 5.82 Å². The summed E-state index contributed by atoms with van der Waals surface area (Å²) in [6, 6.07) is 5.25. The van der Waals surface area contributed by atoms with Crippen molar-refractivity contribution in [1.82, 2.24) is 10.2 Å². The van der Waals surface area contributed by atoms with Crippen molar-refractivity contribution < 1.29 is 14.0 Å². The first-order chi connectivity index (χ1) is 8.90. The molecule has 4 nitrogen and oxygen atoms in total. The lowest BCUT2D eigenvalue weighted by Crippen LogP contribution is -2.39. The largest absolute Gasteiger partial charge is 0.354 e. The Bertz CT molecular complexity index is 443. The maximum atomic E-state index is 12.7. The average molecular weight is 266 g/mol. The highest BCUT2D eigenvalue weighted by atomic mass is 19.1. The normalized spacial score (nSPS) is 10.4. The van der Waals surface area contributed by atoms with Crippen molar-refractivity contribution in [3.8, 4) is 0 Å². The second-order valence-electron chi connectivity index (χ2n) is 4.87. The zero-order chi connectivity index (χ0) is 14.4. The quantitative estimate of drug-likeness (QED) is 0.881. The van der Waals surface area contributed by atoms with Gasteiger partial charge >= 0.3 is 0 Å². The van der Waals surface area contributed by atoms with Crippen molar-refractivity contribution in [2.75, 3.05) is 20.1 Å². The van der Waals surface area contributed by atoms with E-state index in [4.69, 9.17) is 0 Å². The maximum absolute atomic E-state index is 12.7. The number of halogens is 1. The fourth-order valence-electron chi connectivity index (χ4n) is 1.47. The van der Waals surface area contributed by atoms with Gasteiger partial charge in [0.05, 0.1) is 6.54 Å². The molecule has 2 amide bonds. The molecule has 19 heavy (non-hydrogen) atoms. The van der Waals surface area contributed by atoms with E-state index in [1.807, 2.05) is 13.8 Å². The highest BCUT2D eigenvalue weighted by Crippen LogP contribution is 2.05. The van der Waals surface area contributed by atoms with Crippen LogP contribution in [0.25, 0.3) is 0 Å². The molecule has 104 valence electrons. The monoisotopic (exact) mass is 266 g/mol.